The number of hydrogen-bond donors (Lipinski definition) is 1. The lowest BCUT2D eigenvalue weighted by molar-refractivity contribution is 0.221. The van der Waals surface area contributed by atoms with E-state index in [0.717, 1.165) is 12.8 Å². The fourth-order valence-corrected chi connectivity index (χ4v) is 0.456. The van der Waals surface area contributed by atoms with Gasteiger partial charge in [-0.3, -0.25) is 4.79 Å². The van der Waals surface area contributed by atoms with Crippen LogP contribution in [0.2, 0.25) is 0 Å². The van der Waals surface area contributed by atoms with E-state index in [1.807, 2.05) is 6.92 Å². The maximum absolute atomic E-state index is 9.64. The normalized spacial score (nSPS) is 13.2. The molecule has 0 saturated heterocycles. The summed E-state index contributed by atoms with van der Waals surface area (Å²) in [4.78, 5) is 9.64. The smallest absolute Gasteiger partial charge is 0.229 e. The minimum atomic E-state index is -0.852. The van der Waals surface area contributed by atoms with Gasteiger partial charge in [-0.25, -0.2) is 0 Å². The fourth-order valence-electron chi connectivity index (χ4n) is 0.456. The highest BCUT2D eigenvalue weighted by Crippen LogP contribution is 1.96. The van der Waals surface area contributed by atoms with Crippen LogP contribution < -0.4 is 0 Å². The van der Waals surface area contributed by atoms with Gasteiger partial charge in [0.15, 0.2) is 0 Å². The van der Waals surface area contributed by atoms with Crippen LogP contribution in [0.5, 0.6) is 0 Å². The Morgan fingerprint density at radius 2 is 2.38 bits per heavy atom. The summed E-state index contributed by atoms with van der Waals surface area (Å²) in [6.45, 7) is 2.01. The average Bonchev–Trinajstić information content (AvgIpc) is 1.83. The van der Waals surface area contributed by atoms with Crippen LogP contribution in [0.4, 0.5) is 0 Å². The first-order valence-electron chi connectivity index (χ1n) is 2.87. The van der Waals surface area contributed by atoms with Crippen molar-refractivity contribution in [3.8, 4) is 0 Å². The van der Waals surface area contributed by atoms with Crippen molar-refractivity contribution in [2.75, 3.05) is 0 Å². The van der Waals surface area contributed by atoms with Gasteiger partial charge in [-0.05, 0) is 6.42 Å². The molecule has 2 nitrogen and oxygen atoms in total. The Kier molecular flexibility index (Phi) is 4.56. The Bertz CT molecular complexity index is 61.5. The van der Waals surface area contributed by atoms with Gasteiger partial charge < -0.3 is 5.11 Å². The van der Waals surface area contributed by atoms with Gasteiger partial charge in [0.25, 0.3) is 0 Å². The molecule has 0 saturated carbocycles. The van der Waals surface area contributed by atoms with Crippen molar-refractivity contribution in [2.45, 2.75) is 32.3 Å². The van der Waals surface area contributed by atoms with E-state index in [1.54, 1.807) is 0 Å². The van der Waals surface area contributed by atoms with Crippen molar-refractivity contribution >= 4 is 6.29 Å². The highest BCUT2D eigenvalue weighted by molar-refractivity contribution is 5.56. The van der Waals surface area contributed by atoms with E-state index in [4.69, 9.17) is 5.11 Å². The van der Waals surface area contributed by atoms with E-state index in [2.05, 4.69) is 0 Å². The zero-order chi connectivity index (χ0) is 6.41. The highest BCUT2D eigenvalue weighted by atomic mass is 16.3. The first-order chi connectivity index (χ1) is 3.81. The molecule has 0 aliphatic rings. The lowest BCUT2D eigenvalue weighted by Crippen LogP contribution is -2.06. The predicted octanol–water partition coefficient (Wildman–Crippen LogP) is 0.647. The summed E-state index contributed by atoms with van der Waals surface area (Å²) in [6, 6.07) is 0. The third-order valence-corrected chi connectivity index (χ3v) is 0.967. The van der Waals surface area contributed by atoms with Crippen LogP contribution in [0.3, 0.4) is 0 Å². The van der Waals surface area contributed by atoms with Gasteiger partial charge in [0.2, 0.25) is 6.29 Å². The topological polar surface area (TPSA) is 37.3 Å². The molecule has 0 heterocycles. The molecule has 0 aromatic carbocycles. The summed E-state index contributed by atoms with van der Waals surface area (Å²) < 4.78 is 0. The van der Waals surface area contributed by atoms with E-state index < -0.39 is 6.10 Å². The van der Waals surface area contributed by atoms with Gasteiger partial charge in [0.05, 0.1) is 0 Å². The van der Waals surface area contributed by atoms with Crippen LogP contribution in [-0.4, -0.2) is 17.5 Å². The molecule has 1 unspecified atom stereocenters. The van der Waals surface area contributed by atoms with Crippen LogP contribution in [0.1, 0.15) is 26.2 Å². The number of hydrogen-bond acceptors (Lipinski definition) is 2. The molecule has 1 radical (unpaired) electrons. The van der Waals surface area contributed by atoms with E-state index >= 15 is 0 Å². The van der Waals surface area contributed by atoms with E-state index in [0.29, 0.717) is 6.42 Å². The SMILES string of the molecule is CCCCC(O)[C]=O. The van der Waals surface area contributed by atoms with Crippen molar-refractivity contribution in [2.24, 2.45) is 0 Å². The zero-order valence-electron chi connectivity index (χ0n) is 5.05. The molecule has 0 spiro atoms. The first kappa shape index (κ1) is 7.63. The first-order valence-corrected chi connectivity index (χ1v) is 2.87. The van der Waals surface area contributed by atoms with Crippen LogP contribution in [0.25, 0.3) is 0 Å². The number of aliphatic hydroxyl groups excluding tert-OH is 1. The van der Waals surface area contributed by atoms with Crippen molar-refractivity contribution in [1.82, 2.24) is 0 Å². The monoisotopic (exact) mass is 115 g/mol. The fraction of sp³-hybridized carbons (Fsp3) is 0.833. The second kappa shape index (κ2) is 4.78. The second-order valence-electron chi connectivity index (χ2n) is 1.78. The maximum Gasteiger partial charge on any atom is 0.229 e. The molecule has 1 atom stereocenters. The number of aliphatic hydroxyl groups is 1. The van der Waals surface area contributed by atoms with Gasteiger partial charge >= 0.3 is 0 Å². The number of rotatable bonds is 4. The molecule has 0 aliphatic heterocycles. The molecule has 47 valence electrons. The Morgan fingerprint density at radius 1 is 1.75 bits per heavy atom. The molecule has 1 N–H and O–H groups in total. The molecule has 0 bridgehead atoms. The van der Waals surface area contributed by atoms with Crippen molar-refractivity contribution in [1.29, 1.82) is 0 Å². The Balaban J connectivity index is 2.98. The quantitative estimate of drug-likeness (QED) is 0.584. The maximum atomic E-state index is 9.64. The third-order valence-electron chi connectivity index (χ3n) is 0.967. The van der Waals surface area contributed by atoms with E-state index in [9.17, 15) is 4.79 Å². The summed E-state index contributed by atoms with van der Waals surface area (Å²) in [5, 5.41) is 8.57. The Labute approximate surface area is 49.5 Å². The van der Waals surface area contributed by atoms with Crippen LogP contribution in [0.15, 0.2) is 0 Å². The molecule has 2 heteroatoms. The van der Waals surface area contributed by atoms with Gasteiger partial charge in [0.1, 0.15) is 6.10 Å². The van der Waals surface area contributed by atoms with Gasteiger partial charge in [-0.2, -0.15) is 0 Å². The predicted molar refractivity (Wildman–Crippen MR) is 31.2 cm³/mol. The zero-order valence-corrected chi connectivity index (χ0v) is 5.05. The Morgan fingerprint density at radius 3 is 2.75 bits per heavy atom. The minimum Gasteiger partial charge on any atom is -0.385 e. The third kappa shape index (κ3) is 3.81. The molecule has 0 fully saturated rings. The second-order valence-corrected chi connectivity index (χ2v) is 1.78. The summed E-state index contributed by atoms with van der Waals surface area (Å²) in [6.07, 6.45) is 3.12. The lowest BCUT2D eigenvalue weighted by Gasteiger charge is -1.96. The Hall–Kier alpha value is -0.370. The van der Waals surface area contributed by atoms with E-state index in [1.165, 1.54) is 6.29 Å². The standard InChI is InChI=1S/C6H11O2/c1-2-3-4-6(8)5-7/h6,8H,2-4H2,1H3. The summed E-state index contributed by atoms with van der Waals surface area (Å²) in [7, 11) is 0. The number of unbranched alkanes of at least 4 members (excludes halogenated alkanes) is 1. The molecule has 0 aromatic rings. The van der Waals surface area contributed by atoms with Gasteiger partial charge in [-0.15, -0.1) is 0 Å². The molecule has 0 amide bonds. The minimum absolute atomic E-state index is 0.556. The lowest BCUT2D eigenvalue weighted by atomic mass is 10.2. The molecule has 0 aromatic heterocycles. The van der Waals surface area contributed by atoms with Crippen LogP contribution in [-0.2, 0) is 4.79 Å². The largest absolute Gasteiger partial charge is 0.385 e. The molecule has 0 rings (SSSR count). The average molecular weight is 115 g/mol. The molecule has 0 aliphatic carbocycles. The molecular formula is C6H11O2. The summed E-state index contributed by atoms with van der Waals surface area (Å²) in [5.41, 5.74) is 0. The van der Waals surface area contributed by atoms with Gasteiger partial charge in [-0.1, -0.05) is 19.8 Å². The van der Waals surface area contributed by atoms with E-state index in [-0.39, 0.29) is 0 Å². The van der Waals surface area contributed by atoms with Crippen LogP contribution in [0, 0.1) is 0 Å². The van der Waals surface area contributed by atoms with Gasteiger partial charge in [0, 0.05) is 0 Å². The summed E-state index contributed by atoms with van der Waals surface area (Å²) in [5.74, 6) is 0. The van der Waals surface area contributed by atoms with Crippen molar-refractivity contribution in [3.05, 3.63) is 0 Å². The highest BCUT2D eigenvalue weighted by Gasteiger charge is 1.98. The van der Waals surface area contributed by atoms with Crippen LogP contribution >= 0.6 is 0 Å². The number of carbonyl (C=O) groups excluding carboxylic acids is 1. The molecule has 8 heavy (non-hydrogen) atoms. The van der Waals surface area contributed by atoms with Crippen molar-refractivity contribution < 1.29 is 9.90 Å². The molecular weight excluding hydrogens is 104 g/mol. The van der Waals surface area contributed by atoms with Crippen molar-refractivity contribution in [3.63, 3.8) is 0 Å². The summed E-state index contributed by atoms with van der Waals surface area (Å²) >= 11 is 0.